The van der Waals surface area contributed by atoms with Gasteiger partial charge in [-0.15, -0.1) is 0 Å². The number of aromatic nitrogens is 4. The first-order valence-electron chi connectivity index (χ1n) is 13.0. The Morgan fingerprint density at radius 2 is 1.67 bits per heavy atom. The number of piperidine rings is 1. The second-order valence-electron chi connectivity index (χ2n) is 10.7. The highest BCUT2D eigenvalue weighted by atomic mass is 19.1. The van der Waals surface area contributed by atoms with Crippen molar-refractivity contribution in [2.24, 2.45) is 0 Å². The van der Waals surface area contributed by atoms with Crippen LogP contribution >= 0.6 is 0 Å². The average molecular weight is 530 g/mol. The summed E-state index contributed by atoms with van der Waals surface area (Å²) in [4.78, 5) is 28.1. The molecule has 0 atom stereocenters. The lowest BCUT2D eigenvalue weighted by Crippen LogP contribution is -2.42. The van der Waals surface area contributed by atoms with Crippen LogP contribution in [0.3, 0.4) is 0 Å². The standard InChI is InChI=1S/C30H32FN5O3/c1-20-5-11-24(12-6-20)38-28-32-16-13-25(34-28)27-26(21-7-9-22(31)10-8-21)33-19-36(27)23-14-17-35(18-15-23)29(37)39-30(2,3)4/h5-13,16,19,23H,14-15,17-18H2,1-4H3. The van der Waals surface area contributed by atoms with Gasteiger partial charge in [0.05, 0.1) is 23.4 Å². The summed E-state index contributed by atoms with van der Waals surface area (Å²) >= 11 is 0. The summed E-state index contributed by atoms with van der Waals surface area (Å²) in [5.74, 6) is 0.324. The molecule has 9 heteroatoms. The Morgan fingerprint density at radius 3 is 2.33 bits per heavy atom. The third-order valence-corrected chi connectivity index (χ3v) is 6.53. The summed E-state index contributed by atoms with van der Waals surface area (Å²) in [6, 6.07) is 16.0. The second kappa shape index (κ2) is 10.8. The number of aryl methyl sites for hydroxylation is 1. The maximum absolute atomic E-state index is 13.7. The maximum atomic E-state index is 13.7. The van der Waals surface area contributed by atoms with Gasteiger partial charge >= 0.3 is 12.1 Å². The molecule has 1 aliphatic heterocycles. The summed E-state index contributed by atoms with van der Waals surface area (Å²) in [5.41, 5.74) is 3.47. The van der Waals surface area contributed by atoms with E-state index in [2.05, 4.69) is 9.55 Å². The number of hydrogen-bond donors (Lipinski definition) is 0. The van der Waals surface area contributed by atoms with Crippen LogP contribution in [0.4, 0.5) is 9.18 Å². The van der Waals surface area contributed by atoms with Gasteiger partial charge in [-0.3, -0.25) is 0 Å². The lowest BCUT2D eigenvalue weighted by Gasteiger charge is -2.34. The average Bonchev–Trinajstić information content (AvgIpc) is 3.35. The number of likely N-dealkylation sites (tertiary alicyclic amines) is 1. The Bertz CT molecular complexity index is 1440. The van der Waals surface area contributed by atoms with E-state index in [0.717, 1.165) is 29.7 Å². The van der Waals surface area contributed by atoms with Crippen LogP contribution in [0.5, 0.6) is 11.8 Å². The summed E-state index contributed by atoms with van der Waals surface area (Å²) < 4.78 is 27.3. The minimum absolute atomic E-state index is 0.0804. The van der Waals surface area contributed by atoms with Gasteiger partial charge in [0, 0.05) is 30.9 Å². The first-order valence-corrected chi connectivity index (χ1v) is 13.0. The Kier molecular flexibility index (Phi) is 7.32. The third-order valence-electron chi connectivity index (χ3n) is 6.53. The number of hydrogen-bond acceptors (Lipinski definition) is 6. The van der Waals surface area contributed by atoms with Gasteiger partial charge < -0.3 is 18.9 Å². The van der Waals surface area contributed by atoms with Crippen LogP contribution in [0.2, 0.25) is 0 Å². The molecule has 1 fully saturated rings. The Hall–Kier alpha value is -4.27. The summed E-state index contributed by atoms with van der Waals surface area (Å²) in [7, 11) is 0. The third kappa shape index (κ3) is 6.25. The SMILES string of the molecule is Cc1ccc(Oc2nccc(-c3c(-c4ccc(F)cc4)ncn3C3CCN(C(=O)OC(C)(C)C)CC3)n2)cc1. The normalized spacial score (nSPS) is 14.3. The largest absolute Gasteiger partial charge is 0.444 e. The highest BCUT2D eigenvalue weighted by Gasteiger charge is 2.30. The lowest BCUT2D eigenvalue weighted by molar-refractivity contribution is 0.0189. The van der Waals surface area contributed by atoms with Gasteiger partial charge in [0.1, 0.15) is 17.2 Å². The molecule has 5 rings (SSSR count). The zero-order valence-electron chi connectivity index (χ0n) is 22.6. The predicted molar refractivity (Wildman–Crippen MR) is 146 cm³/mol. The van der Waals surface area contributed by atoms with Crippen LogP contribution in [-0.4, -0.2) is 49.2 Å². The van der Waals surface area contributed by atoms with Crippen LogP contribution in [0.25, 0.3) is 22.6 Å². The topological polar surface area (TPSA) is 82.4 Å². The van der Waals surface area contributed by atoms with Gasteiger partial charge in [-0.25, -0.2) is 19.2 Å². The Labute approximate surface area is 227 Å². The first kappa shape index (κ1) is 26.3. The fraction of sp³-hybridized carbons (Fsp3) is 0.333. The van der Waals surface area contributed by atoms with Gasteiger partial charge in [0.2, 0.25) is 0 Å². The number of benzene rings is 2. The van der Waals surface area contributed by atoms with E-state index in [1.807, 2.05) is 58.0 Å². The van der Waals surface area contributed by atoms with E-state index in [0.29, 0.717) is 30.2 Å². The summed E-state index contributed by atoms with van der Waals surface area (Å²) in [5, 5.41) is 0. The van der Waals surface area contributed by atoms with Crippen molar-refractivity contribution in [3.05, 3.63) is 78.5 Å². The number of carbonyl (C=O) groups is 1. The molecule has 1 amide bonds. The molecule has 1 saturated heterocycles. The molecule has 0 saturated carbocycles. The number of amides is 1. The van der Waals surface area contributed by atoms with Crippen molar-refractivity contribution in [2.45, 2.75) is 52.2 Å². The van der Waals surface area contributed by atoms with Crippen molar-refractivity contribution in [1.82, 2.24) is 24.4 Å². The first-order chi connectivity index (χ1) is 18.7. The zero-order valence-corrected chi connectivity index (χ0v) is 22.6. The molecule has 0 unspecified atom stereocenters. The minimum atomic E-state index is -0.541. The lowest BCUT2D eigenvalue weighted by atomic mass is 10.0. The van der Waals surface area contributed by atoms with E-state index < -0.39 is 5.60 Å². The van der Waals surface area contributed by atoms with Gasteiger partial charge in [-0.2, -0.15) is 4.98 Å². The minimum Gasteiger partial charge on any atom is -0.444 e. The van der Waals surface area contributed by atoms with E-state index >= 15 is 0 Å². The number of rotatable bonds is 5. The number of ether oxygens (including phenoxy) is 2. The molecule has 0 spiro atoms. The Morgan fingerprint density at radius 1 is 0.974 bits per heavy atom. The van der Waals surface area contributed by atoms with Gasteiger partial charge in [-0.05, 0) is 83.0 Å². The van der Waals surface area contributed by atoms with E-state index in [1.54, 1.807) is 29.6 Å². The highest BCUT2D eigenvalue weighted by Crippen LogP contribution is 2.36. The van der Waals surface area contributed by atoms with Crippen LogP contribution in [0.15, 0.2) is 67.1 Å². The van der Waals surface area contributed by atoms with Crippen molar-refractivity contribution in [3.63, 3.8) is 0 Å². The quantitative estimate of drug-likeness (QED) is 0.282. The molecular weight excluding hydrogens is 497 g/mol. The van der Waals surface area contributed by atoms with Crippen molar-refractivity contribution < 1.29 is 18.7 Å². The van der Waals surface area contributed by atoms with Crippen molar-refractivity contribution in [2.75, 3.05) is 13.1 Å². The van der Waals surface area contributed by atoms with Crippen molar-refractivity contribution in [3.8, 4) is 34.4 Å². The van der Waals surface area contributed by atoms with E-state index in [1.165, 1.54) is 12.1 Å². The zero-order chi connectivity index (χ0) is 27.6. The van der Waals surface area contributed by atoms with E-state index in [-0.39, 0.29) is 24.0 Å². The molecular formula is C30H32FN5O3. The van der Waals surface area contributed by atoms with E-state index in [4.69, 9.17) is 19.4 Å². The van der Waals surface area contributed by atoms with Crippen LogP contribution in [0.1, 0.15) is 45.2 Å². The molecule has 1 aliphatic rings. The van der Waals surface area contributed by atoms with Crippen molar-refractivity contribution in [1.29, 1.82) is 0 Å². The summed E-state index contributed by atoms with van der Waals surface area (Å²) in [6.45, 7) is 8.74. The number of carbonyl (C=O) groups excluding carboxylic acids is 1. The molecule has 3 heterocycles. The molecule has 0 radical (unpaired) electrons. The molecule has 2 aromatic heterocycles. The fourth-order valence-electron chi connectivity index (χ4n) is 4.60. The molecule has 202 valence electrons. The molecule has 0 aliphatic carbocycles. The molecule has 2 aromatic carbocycles. The highest BCUT2D eigenvalue weighted by molar-refractivity contribution is 5.77. The monoisotopic (exact) mass is 529 g/mol. The summed E-state index contributed by atoms with van der Waals surface area (Å²) in [6.07, 6.45) is 4.60. The van der Waals surface area contributed by atoms with Gasteiger partial charge in [0.15, 0.2) is 0 Å². The molecule has 0 N–H and O–H groups in total. The van der Waals surface area contributed by atoms with E-state index in [9.17, 15) is 9.18 Å². The molecule has 39 heavy (non-hydrogen) atoms. The predicted octanol–water partition coefficient (Wildman–Crippen LogP) is 6.82. The second-order valence-corrected chi connectivity index (χ2v) is 10.7. The van der Waals surface area contributed by atoms with Crippen LogP contribution in [-0.2, 0) is 4.74 Å². The van der Waals surface area contributed by atoms with Crippen LogP contribution in [0, 0.1) is 12.7 Å². The number of nitrogens with zero attached hydrogens (tertiary/aromatic N) is 5. The Balaban J connectivity index is 1.46. The number of halogens is 1. The molecule has 8 nitrogen and oxygen atoms in total. The van der Waals surface area contributed by atoms with Crippen LogP contribution < -0.4 is 4.74 Å². The number of imidazole rings is 1. The maximum Gasteiger partial charge on any atom is 0.410 e. The molecule has 0 bridgehead atoms. The van der Waals surface area contributed by atoms with Crippen molar-refractivity contribution >= 4 is 6.09 Å². The van der Waals surface area contributed by atoms with Gasteiger partial charge in [0.25, 0.3) is 0 Å². The fourth-order valence-corrected chi connectivity index (χ4v) is 4.60. The molecule has 4 aromatic rings. The van der Waals surface area contributed by atoms with Gasteiger partial charge in [-0.1, -0.05) is 17.7 Å². The smallest absolute Gasteiger partial charge is 0.410 e.